The summed E-state index contributed by atoms with van der Waals surface area (Å²) < 4.78 is 0. The zero-order valence-corrected chi connectivity index (χ0v) is 13.0. The van der Waals surface area contributed by atoms with Crippen LogP contribution in [0.15, 0.2) is 24.3 Å². The lowest BCUT2D eigenvalue weighted by Gasteiger charge is -2.28. The minimum Gasteiger partial charge on any atom is -0.480 e. The molecule has 0 radical (unpaired) electrons. The largest absolute Gasteiger partial charge is 0.480 e. The van der Waals surface area contributed by atoms with Crippen molar-refractivity contribution in [1.82, 2.24) is 4.90 Å². The maximum absolute atomic E-state index is 12.4. The van der Waals surface area contributed by atoms with Crippen molar-refractivity contribution in [2.45, 2.75) is 26.3 Å². The van der Waals surface area contributed by atoms with Gasteiger partial charge in [-0.3, -0.25) is 4.79 Å². The molecule has 0 spiro atoms. The van der Waals surface area contributed by atoms with Crippen molar-refractivity contribution < 1.29 is 14.7 Å². The number of amides is 2. The van der Waals surface area contributed by atoms with Gasteiger partial charge in [-0.05, 0) is 25.5 Å². The lowest BCUT2D eigenvalue weighted by molar-refractivity contribution is -0.138. The molecule has 0 heterocycles. The van der Waals surface area contributed by atoms with Crippen LogP contribution in [0.2, 0.25) is 0 Å². The second-order valence-electron chi connectivity index (χ2n) is 5.12. The molecule has 1 rings (SSSR count). The average molecular weight is 293 g/mol. The summed E-state index contributed by atoms with van der Waals surface area (Å²) in [5, 5.41) is 11.8. The van der Waals surface area contributed by atoms with Crippen LogP contribution in [0.3, 0.4) is 0 Å². The minimum atomic E-state index is -1.02. The van der Waals surface area contributed by atoms with Gasteiger partial charge in [-0.15, -0.1) is 0 Å². The van der Waals surface area contributed by atoms with Crippen molar-refractivity contribution >= 4 is 23.4 Å². The van der Waals surface area contributed by atoms with Crippen LogP contribution in [-0.2, 0) is 4.79 Å². The Kier molecular flexibility index (Phi) is 6.02. The highest BCUT2D eigenvalue weighted by Crippen LogP contribution is 2.24. The van der Waals surface area contributed by atoms with Crippen molar-refractivity contribution in [1.29, 1.82) is 0 Å². The molecule has 0 saturated carbocycles. The number of hydrogen-bond acceptors (Lipinski definition) is 3. The third kappa shape index (κ3) is 4.66. The molecule has 0 aliphatic heterocycles. The maximum atomic E-state index is 12.4. The SMILES string of the molecule is CCC(C)N(CC(=O)O)C(=O)Nc1ccccc1N(C)C. The Hall–Kier alpha value is -2.24. The summed E-state index contributed by atoms with van der Waals surface area (Å²) in [6, 6.07) is 6.85. The van der Waals surface area contributed by atoms with Crippen LogP contribution in [-0.4, -0.2) is 48.7 Å². The van der Waals surface area contributed by atoms with Crippen molar-refractivity contribution in [2.75, 3.05) is 30.9 Å². The highest BCUT2D eigenvalue weighted by Gasteiger charge is 2.22. The van der Waals surface area contributed by atoms with Crippen LogP contribution < -0.4 is 10.2 Å². The number of carboxylic acids is 1. The van der Waals surface area contributed by atoms with Gasteiger partial charge in [-0.2, -0.15) is 0 Å². The minimum absolute atomic E-state index is 0.146. The summed E-state index contributed by atoms with van der Waals surface area (Å²) in [6.07, 6.45) is 0.691. The molecule has 0 aliphatic carbocycles. The molecular weight excluding hydrogens is 270 g/mol. The van der Waals surface area contributed by atoms with E-state index in [0.717, 1.165) is 5.69 Å². The molecule has 0 bridgehead atoms. The number of carbonyl (C=O) groups is 2. The predicted octanol–water partition coefficient (Wildman–Crippen LogP) is 2.47. The Labute approximate surface area is 125 Å². The second kappa shape index (κ2) is 7.52. The summed E-state index contributed by atoms with van der Waals surface area (Å²) in [5.41, 5.74) is 1.52. The van der Waals surface area contributed by atoms with E-state index in [1.807, 2.05) is 51.0 Å². The van der Waals surface area contributed by atoms with E-state index in [0.29, 0.717) is 12.1 Å². The highest BCUT2D eigenvalue weighted by molar-refractivity contribution is 5.94. The van der Waals surface area contributed by atoms with Gasteiger partial charge in [-0.25, -0.2) is 4.79 Å². The zero-order valence-electron chi connectivity index (χ0n) is 13.0. The van der Waals surface area contributed by atoms with E-state index >= 15 is 0 Å². The molecule has 1 unspecified atom stereocenters. The van der Waals surface area contributed by atoms with Gasteiger partial charge in [0.25, 0.3) is 0 Å². The quantitative estimate of drug-likeness (QED) is 0.845. The second-order valence-corrected chi connectivity index (χ2v) is 5.12. The summed E-state index contributed by atoms with van der Waals surface area (Å²) >= 11 is 0. The van der Waals surface area contributed by atoms with Crippen LogP contribution in [0.5, 0.6) is 0 Å². The van der Waals surface area contributed by atoms with Gasteiger partial charge in [0.05, 0.1) is 11.4 Å². The highest BCUT2D eigenvalue weighted by atomic mass is 16.4. The molecular formula is C15H23N3O3. The Bertz CT molecular complexity index is 503. The molecule has 0 saturated heterocycles. The molecule has 0 fully saturated rings. The number of aliphatic carboxylic acids is 1. The lowest BCUT2D eigenvalue weighted by atomic mass is 10.2. The van der Waals surface area contributed by atoms with E-state index in [9.17, 15) is 9.59 Å². The van der Waals surface area contributed by atoms with Gasteiger partial charge < -0.3 is 20.2 Å². The van der Waals surface area contributed by atoms with E-state index in [-0.39, 0.29) is 12.6 Å². The maximum Gasteiger partial charge on any atom is 0.323 e. The number of urea groups is 1. The van der Waals surface area contributed by atoms with E-state index < -0.39 is 12.0 Å². The smallest absolute Gasteiger partial charge is 0.323 e. The number of carbonyl (C=O) groups excluding carboxylic acids is 1. The Balaban J connectivity index is 2.94. The van der Waals surface area contributed by atoms with Crippen LogP contribution in [0, 0.1) is 0 Å². The molecule has 6 heteroatoms. The first-order valence-electron chi connectivity index (χ1n) is 6.92. The van der Waals surface area contributed by atoms with Gasteiger partial charge in [0, 0.05) is 20.1 Å². The topological polar surface area (TPSA) is 72.9 Å². The van der Waals surface area contributed by atoms with E-state index in [2.05, 4.69) is 5.32 Å². The van der Waals surface area contributed by atoms with Gasteiger partial charge in [0.1, 0.15) is 6.54 Å². The van der Waals surface area contributed by atoms with Crippen molar-refractivity contribution in [3.63, 3.8) is 0 Å². The fraction of sp³-hybridized carbons (Fsp3) is 0.467. The fourth-order valence-electron chi connectivity index (χ4n) is 1.95. The normalized spacial score (nSPS) is 11.6. The van der Waals surface area contributed by atoms with Crippen LogP contribution in [0.1, 0.15) is 20.3 Å². The number of hydrogen-bond donors (Lipinski definition) is 2. The molecule has 1 aromatic rings. The molecule has 0 aromatic heterocycles. The number of nitrogens with zero attached hydrogens (tertiary/aromatic N) is 2. The third-order valence-electron chi connectivity index (χ3n) is 3.32. The van der Waals surface area contributed by atoms with Crippen LogP contribution >= 0.6 is 0 Å². The van der Waals surface area contributed by atoms with Gasteiger partial charge >= 0.3 is 12.0 Å². The molecule has 2 N–H and O–H groups in total. The lowest BCUT2D eigenvalue weighted by Crippen LogP contribution is -2.44. The standard InChI is InChI=1S/C15H23N3O3/c1-5-11(2)18(10-14(19)20)15(21)16-12-8-6-7-9-13(12)17(3)4/h6-9,11H,5,10H2,1-4H3,(H,16,21)(H,19,20). The Morgan fingerprint density at radius 3 is 2.43 bits per heavy atom. The average Bonchev–Trinajstić information content (AvgIpc) is 2.44. The summed E-state index contributed by atoms with van der Waals surface area (Å²) in [5.74, 6) is -1.02. The first-order valence-corrected chi connectivity index (χ1v) is 6.92. The Morgan fingerprint density at radius 1 is 1.29 bits per heavy atom. The summed E-state index contributed by atoms with van der Waals surface area (Å²) in [7, 11) is 3.77. The molecule has 6 nitrogen and oxygen atoms in total. The zero-order chi connectivity index (χ0) is 16.0. The predicted molar refractivity (Wildman–Crippen MR) is 83.9 cm³/mol. The summed E-state index contributed by atoms with van der Waals surface area (Å²) in [4.78, 5) is 26.5. The van der Waals surface area contributed by atoms with Gasteiger partial charge in [0.2, 0.25) is 0 Å². The first-order chi connectivity index (χ1) is 9.86. The molecule has 21 heavy (non-hydrogen) atoms. The number of para-hydroxylation sites is 2. The molecule has 1 atom stereocenters. The molecule has 116 valence electrons. The number of carboxylic acid groups (broad SMARTS) is 1. The Morgan fingerprint density at radius 2 is 1.90 bits per heavy atom. The number of nitrogens with one attached hydrogen (secondary N) is 1. The van der Waals surface area contributed by atoms with Crippen molar-refractivity contribution in [2.24, 2.45) is 0 Å². The van der Waals surface area contributed by atoms with Crippen molar-refractivity contribution in [3.8, 4) is 0 Å². The van der Waals surface area contributed by atoms with E-state index in [1.165, 1.54) is 4.90 Å². The van der Waals surface area contributed by atoms with E-state index in [1.54, 1.807) is 6.07 Å². The monoisotopic (exact) mass is 293 g/mol. The fourth-order valence-corrected chi connectivity index (χ4v) is 1.95. The van der Waals surface area contributed by atoms with Crippen molar-refractivity contribution in [3.05, 3.63) is 24.3 Å². The van der Waals surface area contributed by atoms with Gasteiger partial charge in [0.15, 0.2) is 0 Å². The van der Waals surface area contributed by atoms with Gasteiger partial charge in [-0.1, -0.05) is 19.1 Å². The van der Waals surface area contributed by atoms with Crippen LogP contribution in [0.25, 0.3) is 0 Å². The number of benzene rings is 1. The summed E-state index contributed by atoms with van der Waals surface area (Å²) in [6.45, 7) is 3.44. The molecule has 1 aromatic carbocycles. The third-order valence-corrected chi connectivity index (χ3v) is 3.32. The number of rotatable bonds is 6. The van der Waals surface area contributed by atoms with Crippen LogP contribution in [0.4, 0.5) is 16.2 Å². The van der Waals surface area contributed by atoms with E-state index in [4.69, 9.17) is 5.11 Å². The first kappa shape index (κ1) is 16.8. The molecule has 0 aliphatic rings. The number of anilines is 2. The molecule has 2 amide bonds.